The summed E-state index contributed by atoms with van der Waals surface area (Å²) in [5, 5.41) is 3.83. The van der Waals surface area contributed by atoms with Crippen molar-refractivity contribution in [3.05, 3.63) is 54.9 Å². The molecule has 0 spiro atoms. The van der Waals surface area contributed by atoms with Gasteiger partial charge in [-0.05, 0) is 54.0 Å². The van der Waals surface area contributed by atoms with E-state index in [9.17, 15) is 4.39 Å². The number of nitrogens with one attached hydrogen (secondary N) is 1. The van der Waals surface area contributed by atoms with Crippen LogP contribution >= 0.6 is 38.9 Å². The Morgan fingerprint density at radius 3 is 2.70 bits per heavy atom. The first kappa shape index (κ1) is 16.0. The second-order valence-electron chi connectivity index (χ2n) is 4.62. The van der Waals surface area contributed by atoms with Gasteiger partial charge in [-0.1, -0.05) is 24.6 Å². The van der Waals surface area contributed by atoms with E-state index in [0.29, 0.717) is 10.6 Å². The minimum Gasteiger partial charge on any atom is -0.305 e. The molecule has 0 amide bonds. The smallest absolute Gasteiger partial charge is 0.129 e. The highest BCUT2D eigenvalue weighted by molar-refractivity contribution is 9.10. The van der Waals surface area contributed by atoms with Crippen LogP contribution in [0.25, 0.3) is 0 Å². The topological polar surface area (TPSA) is 12.0 Å². The van der Waals surface area contributed by atoms with Gasteiger partial charge in [0.05, 0.1) is 6.04 Å². The fraction of sp³-hybridized carbons (Fsp3) is 0.333. The monoisotopic (exact) mass is 375 g/mol. The van der Waals surface area contributed by atoms with E-state index in [-0.39, 0.29) is 11.9 Å². The molecule has 20 heavy (non-hydrogen) atoms. The average molecular weight is 377 g/mol. The van der Waals surface area contributed by atoms with E-state index in [4.69, 9.17) is 11.6 Å². The van der Waals surface area contributed by atoms with Crippen LogP contribution in [0.2, 0.25) is 5.02 Å². The largest absolute Gasteiger partial charge is 0.305 e. The maximum atomic E-state index is 14.2. The van der Waals surface area contributed by atoms with Gasteiger partial charge >= 0.3 is 0 Å². The molecular weight excluding hydrogens is 361 g/mol. The summed E-state index contributed by atoms with van der Waals surface area (Å²) in [7, 11) is 0. The summed E-state index contributed by atoms with van der Waals surface area (Å²) >= 11 is 11.1. The van der Waals surface area contributed by atoms with Crippen molar-refractivity contribution in [1.29, 1.82) is 0 Å². The van der Waals surface area contributed by atoms with E-state index in [1.807, 2.05) is 6.92 Å². The normalized spacial score (nSPS) is 12.7. The van der Waals surface area contributed by atoms with E-state index >= 15 is 0 Å². The van der Waals surface area contributed by atoms with Gasteiger partial charge in [0.1, 0.15) is 5.82 Å². The van der Waals surface area contributed by atoms with Crippen molar-refractivity contribution in [2.24, 2.45) is 0 Å². The molecule has 0 aliphatic heterocycles. The van der Waals surface area contributed by atoms with Crippen molar-refractivity contribution in [2.45, 2.75) is 26.3 Å². The Labute approximate surface area is 136 Å². The van der Waals surface area contributed by atoms with Gasteiger partial charge in [-0.3, -0.25) is 0 Å². The van der Waals surface area contributed by atoms with Gasteiger partial charge in [0.2, 0.25) is 0 Å². The summed E-state index contributed by atoms with van der Waals surface area (Å²) in [6, 6.07) is 6.77. The lowest BCUT2D eigenvalue weighted by molar-refractivity contribution is 0.550. The zero-order chi connectivity index (χ0) is 14.7. The molecule has 0 bridgehead atoms. The maximum Gasteiger partial charge on any atom is 0.129 e. The van der Waals surface area contributed by atoms with Crippen LogP contribution in [-0.2, 0) is 0 Å². The molecule has 0 aliphatic rings. The molecule has 2 aromatic rings. The summed E-state index contributed by atoms with van der Waals surface area (Å²) in [4.78, 5) is 2.29. The van der Waals surface area contributed by atoms with Crippen LogP contribution in [0.5, 0.6) is 0 Å². The quantitative estimate of drug-likeness (QED) is 0.705. The fourth-order valence-electron chi connectivity index (χ4n) is 2.07. The fourth-order valence-corrected chi connectivity index (χ4v) is 4.20. The molecule has 0 fully saturated rings. The maximum absolute atomic E-state index is 14.2. The summed E-state index contributed by atoms with van der Waals surface area (Å²) < 4.78 is 15.2. The molecule has 1 atom stereocenters. The van der Waals surface area contributed by atoms with Gasteiger partial charge in [0, 0.05) is 24.8 Å². The lowest BCUT2D eigenvalue weighted by atomic mass is 10.0. The summed E-state index contributed by atoms with van der Waals surface area (Å²) in [6.45, 7) is 4.97. The van der Waals surface area contributed by atoms with Crippen LogP contribution in [0.15, 0.2) is 28.7 Å². The molecule has 1 aromatic carbocycles. The Hall–Kier alpha value is -0.420. The number of hydrogen-bond acceptors (Lipinski definition) is 2. The molecule has 1 N–H and O–H groups in total. The van der Waals surface area contributed by atoms with E-state index in [0.717, 1.165) is 22.3 Å². The van der Waals surface area contributed by atoms with Gasteiger partial charge in [-0.15, -0.1) is 11.3 Å². The predicted molar refractivity (Wildman–Crippen MR) is 88.3 cm³/mol. The molecular formula is C15H16BrClFNS. The highest BCUT2D eigenvalue weighted by Gasteiger charge is 2.21. The van der Waals surface area contributed by atoms with Crippen molar-refractivity contribution in [3.8, 4) is 0 Å². The van der Waals surface area contributed by atoms with Crippen LogP contribution in [0, 0.1) is 12.7 Å². The first-order valence-electron chi connectivity index (χ1n) is 6.47. The Kier molecular flexibility index (Phi) is 5.61. The van der Waals surface area contributed by atoms with Crippen LogP contribution in [-0.4, -0.2) is 6.54 Å². The average Bonchev–Trinajstić information content (AvgIpc) is 2.71. The van der Waals surface area contributed by atoms with Crippen LogP contribution in [0.1, 0.15) is 34.7 Å². The first-order chi connectivity index (χ1) is 9.52. The van der Waals surface area contributed by atoms with Gasteiger partial charge < -0.3 is 5.32 Å². The van der Waals surface area contributed by atoms with Crippen molar-refractivity contribution in [1.82, 2.24) is 5.32 Å². The van der Waals surface area contributed by atoms with Gasteiger partial charge in [-0.2, -0.15) is 0 Å². The van der Waals surface area contributed by atoms with Crippen LogP contribution < -0.4 is 5.32 Å². The molecule has 1 heterocycles. The number of rotatable bonds is 5. The Bertz CT molecular complexity index is 600. The molecule has 1 nitrogen and oxygen atoms in total. The predicted octanol–water partition coefficient (Wildman–Crippen LogP) is 5.70. The summed E-state index contributed by atoms with van der Waals surface area (Å²) in [5.41, 5.74) is 0.630. The Morgan fingerprint density at radius 2 is 2.15 bits per heavy atom. The summed E-state index contributed by atoms with van der Waals surface area (Å²) in [5.74, 6) is -0.274. The molecule has 5 heteroatoms. The molecule has 1 unspecified atom stereocenters. The Morgan fingerprint density at radius 1 is 1.40 bits per heavy atom. The van der Waals surface area contributed by atoms with E-state index < -0.39 is 0 Å². The molecule has 108 valence electrons. The third-order valence-corrected chi connectivity index (χ3v) is 5.24. The SMILES string of the molecule is CCCNC(c1ccc(Cl)cc1F)c1sc(C)cc1Br. The molecule has 2 rings (SSSR count). The van der Waals surface area contributed by atoms with Crippen molar-refractivity contribution < 1.29 is 4.39 Å². The number of hydrogen-bond donors (Lipinski definition) is 1. The lowest BCUT2D eigenvalue weighted by Gasteiger charge is -2.19. The van der Waals surface area contributed by atoms with Gasteiger partial charge in [0.15, 0.2) is 0 Å². The van der Waals surface area contributed by atoms with Crippen molar-refractivity contribution in [2.75, 3.05) is 6.54 Å². The second-order valence-corrected chi connectivity index (χ2v) is 7.20. The molecule has 1 aromatic heterocycles. The highest BCUT2D eigenvalue weighted by Crippen LogP contribution is 2.36. The zero-order valence-electron chi connectivity index (χ0n) is 11.3. The number of benzene rings is 1. The van der Waals surface area contributed by atoms with E-state index in [1.165, 1.54) is 10.9 Å². The zero-order valence-corrected chi connectivity index (χ0v) is 14.5. The highest BCUT2D eigenvalue weighted by atomic mass is 79.9. The Balaban J connectivity index is 2.44. The number of halogens is 3. The minimum absolute atomic E-state index is 0.153. The standard InChI is InChI=1S/C15H16BrClFNS/c1-3-6-19-14(15-12(16)7-9(2)20-15)11-5-4-10(17)8-13(11)18/h4-5,7-8,14,19H,3,6H2,1-2H3. The van der Waals surface area contributed by atoms with Crippen LogP contribution in [0.3, 0.4) is 0 Å². The van der Waals surface area contributed by atoms with Crippen molar-refractivity contribution >= 4 is 38.9 Å². The minimum atomic E-state index is -0.274. The van der Waals surface area contributed by atoms with Crippen LogP contribution in [0.4, 0.5) is 4.39 Å². The van der Waals surface area contributed by atoms with E-state index in [1.54, 1.807) is 23.5 Å². The molecule has 0 aliphatic carbocycles. The van der Waals surface area contributed by atoms with Crippen molar-refractivity contribution in [3.63, 3.8) is 0 Å². The lowest BCUT2D eigenvalue weighted by Crippen LogP contribution is -2.23. The number of aryl methyl sites for hydroxylation is 1. The van der Waals surface area contributed by atoms with E-state index in [2.05, 4.69) is 34.2 Å². The molecule has 0 saturated heterocycles. The summed E-state index contributed by atoms with van der Waals surface area (Å²) in [6.07, 6.45) is 0.994. The number of thiophene rings is 1. The third-order valence-electron chi connectivity index (χ3n) is 2.97. The van der Waals surface area contributed by atoms with Gasteiger partial charge in [0.25, 0.3) is 0 Å². The third kappa shape index (κ3) is 3.61. The molecule has 0 saturated carbocycles. The molecule has 0 radical (unpaired) electrons. The van der Waals surface area contributed by atoms with Gasteiger partial charge in [-0.25, -0.2) is 4.39 Å². The first-order valence-corrected chi connectivity index (χ1v) is 8.45. The second kappa shape index (κ2) is 7.03.